The van der Waals surface area contributed by atoms with E-state index in [0.29, 0.717) is 5.16 Å². The van der Waals surface area contributed by atoms with Gasteiger partial charge in [0.15, 0.2) is 6.19 Å². The number of nitriles is 1. The Morgan fingerprint density at radius 3 is 3.25 bits per heavy atom. The van der Waals surface area contributed by atoms with Crippen LogP contribution in [0.15, 0.2) is 22.7 Å². The van der Waals surface area contributed by atoms with Gasteiger partial charge in [0.1, 0.15) is 10.2 Å². The first-order valence-electron chi connectivity index (χ1n) is 3.45. The molecule has 0 saturated heterocycles. The lowest BCUT2D eigenvalue weighted by Gasteiger charge is -2.17. The Hall–Kier alpha value is -0.980. The van der Waals surface area contributed by atoms with Crippen molar-refractivity contribution in [1.82, 2.24) is 0 Å². The summed E-state index contributed by atoms with van der Waals surface area (Å²) in [5.41, 5.74) is 1.17. The van der Waals surface area contributed by atoms with Crippen LogP contribution in [0.5, 0.6) is 0 Å². The van der Waals surface area contributed by atoms with Gasteiger partial charge in [-0.1, -0.05) is 11.6 Å². The second-order valence-corrected chi connectivity index (χ2v) is 3.70. The van der Waals surface area contributed by atoms with E-state index in [-0.39, 0.29) is 0 Å². The lowest BCUT2D eigenvalue weighted by atomic mass is 10.2. The largest absolute Gasteiger partial charge is 0.227 e. The number of allylic oxidation sites excluding steroid dienone is 1. The van der Waals surface area contributed by atoms with Crippen LogP contribution in [0.3, 0.4) is 0 Å². The number of hydrogen-bond donors (Lipinski definition) is 0. The van der Waals surface area contributed by atoms with E-state index in [0.717, 1.165) is 11.4 Å². The molecule has 0 spiro atoms. The summed E-state index contributed by atoms with van der Waals surface area (Å²) in [6.07, 6.45) is 4.72. The minimum atomic E-state index is 0.507. The summed E-state index contributed by atoms with van der Waals surface area (Å²) >= 11 is 7.38. The minimum Gasteiger partial charge on any atom is -0.227 e. The summed E-state index contributed by atoms with van der Waals surface area (Å²) < 4.78 is 0. The molecule has 0 saturated carbocycles. The van der Waals surface area contributed by atoms with E-state index >= 15 is 0 Å². The second kappa shape index (κ2) is 2.81. The minimum absolute atomic E-state index is 0.507. The van der Waals surface area contributed by atoms with Gasteiger partial charge in [-0.15, -0.1) is 11.3 Å². The quantitative estimate of drug-likeness (QED) is 0.471. The molecule has 12 heavy (non-hydrogen) atoms. The first-order chi connectivity index (χ1) is 5.83. The van der Waals surface area contributed by atoms with Crippen LogP contribution in [0, 0.1) is 11.5 Å². The fourth-order valence-corrected chi connectivity index (χ4v) is 2.31. The van der Waals surface area contributed by atoms with Crippen molar-refractivity contribution in [1.29, 1.82) is 5.26 Å². The molecular weight excluding hydrogens is 192 g/mol. The highest BCUT2D eigenvalue weighted by atomic mass is 35.5. The zero-order valence-electron chi connectivity index (χ0n) is 6.12. The Bertz CT molecular complexity index is 375. The Morgan fingerprint density at radius 1 is 1.67 bits per heavy atom. The summed E-state index contributed by atoms with van der Waals surface area (Å²) in [6, 6.07) is 2.02. The standard InChI is InChI=1S/C8H5ClN2S/c9-7-2-1-6-3-4-12-8(6)11(7)5-10/h2-4H,1H2. The van der Waals surface area contributed by atoms with Crippen molar-refractivity contribution in [3.63, 3.8) is 0 Å². The number of thiophene rings is 1. The molecule has 1 aliphatic heterocycles. The highest BCUT2D eigenvalue weighted by Gasteiger charge is 2.18. The van der Waals surface area contributed by atoms with Gasteiger partial charge in [-0.3, -0.25) is 0 Å². The molecule has 1 aromatic heterocycles. The average molecular weight is 197 g/mol. The van der Waals surface area contributed by atoms with Crippen LogP contribution < -0.4 is 4.90 Å². The summed E-state index contributed by atoms with van der Waals surface area (Å²) in [4.78, 5) is 1.45. The molecule has 2 heterocycles. The molecule has 2 rings (SSSR count). The SMILES string of the molecule is N#CN1C(Cl)=CCc2ccsc21. The number of fused-ring (bicyclic) bond motifs is 1. The predicted octanol–water partition coefficient (Wildman–Crippen LogP) is 2.67. The van der Waals surface area contributed by atoms with Crippen LogP contribution in [0.4, 0.5) is 5.00 Å². The van der Waals surface area contributed by atoms with Gasteiger partial charge in [0, 0.05) is 0 Å². The third-order valence-corrected chi connectivity index (χ3v) is 2.99. The molecule has 0 amide bonds. The van der Waals surface area contributed by atoms with E-state index < -0.39 is 0 Å². The van der Waals surface area contributed by atoms with Crippen molar-refractivity contribution < 1.29 is 0 Å². The van der Waals surface area contributed by atoms with Crippen LogP contribution >= 0.6 is 22.9 Å². The highest BCUT2D eigenvalue weighted by molar-refractivity contribution is 7.14. The Balaban J connectivity index is 2.50. The topological polar surface area (TPSA) is 27.0 Å². The first-order valence-corrected chi connectivity index (χ1v) is 4.70. The molecule has 1 aromatic rings. The zero-order valence-corrected chi connectivity index (χ0v) is 7.69. The maximum atomic E-state index is 8.78. The first kappa shape index (κ1) is 7.66. The molecule has 0 N–H and O–H groups in total. The average Bonchev–Trinajstić information content (AvgIpc) is 2.52. The Morgan fingerprint density at radius 2 is 2.50 bits per heavy atom. The predicted molar refractivity (Wildman–Crippen MR) is 50.1 cm³/mol. The normalized spacial score (nSPS) is 15.0. The third kappa shape index (κ3) is 1.01. The smallest absolute Gasteiger partial charge is 0.190 e. The number of halogens is 1. The lowest BCUT2D eigenvalue weighted by molar-refractivity contribution is 1.14. The molecule has 60 valence electrons. The third-order valence-electron chi connectivity index (χ3n) is 1.73. The molecule has 0 atom stereocenters. The van der Waals surface area contributed by atoms with Crippen LogP contribution in [0.25, 0.3) is 0 Å². The van der Waals surface area contributed by atoms with Crippen molar-refractivity contribution in [2.24, 2.45) is 0 Å². The molecule has 0 unspecified atom stereocenters. The van der Waals surface area contributed by atoms with Crippen molar-refractivity contribution in [3.8, 4) is 6.19 Å². The maximum Gasteiger partial charge on any atom is 0.190 e. The van der Waals surface area contributed by atoms with E-state index in [1.807, 2.05) is 23.7 Å². The molecule has 0 bridgehead atoms. The highest BCUT2D eigenvalue weighted by Crippen LogP contribution is 2.35. The van der Waals surface area contributed by atoms with Gasteiger partial charge < -0.3 is 0 Å². The van der Waals surface area contributed by atoms with Gasteiger partial charge in [-0.25, -0.2) is 4.90 Å². The van der Waals surface area contributed by atoms with E-state index in [2.05, 4.69) is 0 Å². The van der Waals surface area contributed by atoms with Crippen LogP contribution in [0.1, 0.15) is 5.56 Å². The molecular formula is C8H5ClN2S. The fraction of sp³-hybridized carbons (Fsp3) is 0.125. The Labute approximate surface area is 79.3 Å². The van der Waals surface area contributed by atoms with E-state index in [1.54, 1.807) is 0 Å². The molecule has 1 aliphatic rings. The fourth-order valence-electron chi connectivity index (χ4n) is 1.15. The van der Waals surface area contributed by atoms with Crippen LogP contribution in [-0.4, -0.2) is 0 Å². The van der Waals surface area contributed by atoms with Gasteiger partial charge in [-0.05, 0) is 29.5 Å². The van der Waals surface area contributed by atoms with Gasteiger partial charge in [0.2, 0.25) is 0 Å². The monoisotopic (exact) mass is 196 g/mol. The molecule has 2 nitrogen and oxygen atoms in total. The summed E-state index contributed by atoms with van der Waals surface area (Å²) in [7, 11) is 0. The molecule has 0 fully saturated rings. The Kier molecular flexibility index (Phi) is 1.80. The molecule has 0 aromatic carbocycles. The van der Waals surface area contributed by atoms with E-state index in [9.17, 15) is 0 Å². The molecule has 0 radical (unpaired) electrons. The number of hydrogen-bond acceptors (Lipinski definition) is 3. The van der Waals surface area contributed by atoms with E-state index in [4.69, 9.17) is 16.9 Å². The summed E-state index contributed by atoms with van der Waals surface area (Å²) in [5, 5.41) is 12.2. The number of anilines is 1. The van der Waals surface area contributed by atoms with Crippen LogP contribution in [-0.2, 0) is 6.42 Å². The van der Waals surface area contributed by atoms with Crippen molar-refractivity contribution in [3.05, 3.63) is 28.2 Å². The zero-order chi connectivity index (χ0) is 8.55. The van der Waals surface area contributed by atoms with Gasteiger partial charge in [-0.2, -0.15) is 5.26 Å². The van der Waals surface area contributed by atoms with Crippen LogP contribution in [0.2, 0.25) is 0 Å². The van der Waals surface area contributed by atoms with Crippen molar-refractivity contribution in [2.45, 2.75) is 6.42 Å². The lowest BCUT2D eigenvalue weighted by Crippen LogP contribution is -2.15. The van der Waals surface area contributed by atoms with Crippen molar-refractivity contribution in [2.75, 3.05) is 4.90 Å². The van der Waals surface area contributed by atoms with Gasteiger partial charge in [0.25, 0.3) is 0 Å². The summed E-state index contributed by atoms with van der Waals surface area (Å²) in [6.45, 7) is 0. The van der Waals surface area contributed by atoms with Gasteiger partial charge in [0.05, 0.1) is 0 Å². The van der Waals surface area contributed by atoms with Crippen molar-refractivity contribution >= 4 is 27.9 Å². The molecule has 0 aliphatic carbocycles. The number of rotatable bonds is 0. The van der Waals surface area contributed by atoms with Gasteiger partial charge >= 0.3 is 0 Å². The maximum absolute atomic E-state index is 8.78. The second-order valence-electron chi connectivity index (χ2n) is 2.42. The molecule has 4 heteroatoms. The number of nitrogens with zero attached hydrogens (tertiary/aromatic N) is 2. The van der Waals surface area contributed by atoms with E-state index in [1.165, 1.54) is 21.8 Å². The summed E-state index contributed by atoms with van der Waals surface area (Å²) in [5.74, 6) is 0.